The molecule has 146 valence electrons. The minimum absolute atomic E-state index is 0.0144. The second-order valence-electron chi connectivity index (χ2n) is 9.83. The van der Waals surface area contributed by atoms with Gasteiger partial charge < -0.3 is 9.84 Å². The van der Waals surface area contributed by atoms with Gasteiger partial charge in [-0.1, -0.05) is 19.1 Å². The van der Waals surface area contributed by atoms with Crippen molar-refractivity contribution in [3.05, 3.63) is 12.2 Å². The number of hydrogen-bond acceptors (Lipinski definition) is 3. The Labute approximate surface area is 158 Å². The fraction of sp³-hybridized carbons (Fsp3) is 0.870. The van der Waals surface area contributed by atoms with Crippen LogP contribution in [0.4, 0.5) is 0 Å². The molecule has 3 nitrogen and oxygen atoms in total. The van der Waals surface area contributed by atoms with E-state index in [0.29, 0.717) is 13.0 Å². The highest BCUT2D eigenvalue weighted by molar-refractivity contribution is 5.69. The van der Waals surface area contributed by atoms with E-state index in [1.807, 2.05) is 13.8 Å². The Balaban J connectivity index is 1.14. The van der Waals surface area contributed by atoms with E-state index in [1.54, 1.807) is 0 Å². The number of rotatable bonds is 9. The minimum atomic E-state index is -0.571. The number of unbranched alkanes of at least 4 members (excludes halogenated alkanes) is 1. The number of aliphatic hydroxyl groups is 1. The van der Waals surface area contributed by atoms with Gasteiger partial charge in [-0.15, -0.1) is 0 Å². The predicted octanol–water partition coefficient (Wildman–Crippen LogP) is 4.74. The number of ether oxygens (including phenoxy) is 1. The molecule has 4 bridgehead atoms. The van der Waals surface area contributed by atoms with Crippen molar-refractivity contribution in [2.75, 3.05) is 6.61 Å². The van der Waals surface area contributed by atoms with Crippen LogP contribution in [-0.2, 0) is 9.53 Å². The third kappa shape index (κ3) is 3.48. The van der Waals surface area contributed by atoms with E-state index >= 15 is 0 Å². The lowest BCUT2D eigenvalue weighted by molar-refractivity contribution is -0.144. The van der Waals surface area contributed by atoms with Crippen LogP contribution in [0, 0.1) is 41.4 Å². The molecule has 4 aliphatic rings. The maximum Gasteiger partial charge on any atom is 0.305 e. The van der Waals surface area contributed by atoms with Crippen LogP contribution in [-0.4, -0.2) is 23.3 Å². The van der Waals surface area contributed by atoms with Gasteiger partial charge in [0.05, 0.1) is 12.2 Å². The second-order valence-corrected chi connectivity index (χ2v) is 9.83. The summed E-state index contributed by atoms with van der Waals surface area (Å²) in [4.78, 5) is 12.1. The molecule has 0 amide bonds. The van der Waals surface area contributed by atoms with Crippen molar-refractivity contribution in [2.45, 2.75) is 77.2 Å². The van der Waals surface area contributed by atoms with Crippen LogP contribution < -0.4 is 0 Å². The predicted molar refractivity (Wildman–Crippen MR) is 102 cm³/mol. The van der Waals surface area contributed by atoms with Crippen molar-refractivity contribution in [3.8, 4) is 0 Å². The van der Waals surface area contributed by atoms with E-state index in [1.165, 1.54) is 19.3 Å². The van der Waals surface area contributed by atoms with E-state index < -0.39 is 5.60 Å². The Bertz CT molecular complexity index is 552. The summed E-state index contributed by atoms with van der Waals surface area (Å²) >= 11 is 0. The smallest absolute Gasteiger partial charge is 0.305 e. The molecule has 0 aromatic heterocycles. The number of allylic oxidation sites excluding steroid dienone is 2. The average molecular weight is 361 g/mol. The van der Waals surface area contributed by atoms with Gasteiger partial charge in [-0.05, 0) is 99.7 Å². The molecular weight excluding hydrogens is 324 g/mol. The number of hydrogen-bond donors (Lipinski definition) is 1. The molecular formula is C23H36O3. The molecule has 0 spiro atoms. The summed E-state index contributed by atoms with van der Waals surface area (Å²) in [5.41, 5.74) is -0.571. The Morgan fingerprint density at radius 3 is 2.69 bits per heavy atom. The average Bonchev–Trinajstić information content (AvgIpc) is 3.38. The van der Waals surface area contributed by atoms with Gasteiger partial charge in [-0.2, -0.15) is 0 Å². The molecule has 26 heavy (non-hydrogen) atoms. The normalized spacial score (nSPS) is 41.4. The van der Waals surface area contributed by atoms with Gasteiger partial charge in [0.1, 0.15) is 0 Å². The number of fused-ring (bicyclic) bond motifs is 9. The zero-order valence-corrected chi connectivity index (χ0v) is 16.5. The molecule has 4 rings (SSSR count). The Hall–Kier alpha value is -0.830. The molecule has 0 aromatic carbocycles. The summed E-state index contributed by atoms with van der Waals surface area (Å²) in [6, 6.07) is 0. The lowest BCUT2D eigenvalue weighted by atomic mass is 9.68. The lowest BCUT2D eigenvalue weighted by Crippen LogP contribution is -2.31. The Morgan fingerprint density at radius 1 is 1.15 bits per heavy atom. The Kier molecular flexibility index (Phi) is 5.20. The molecule has 0 aromatic rings. The van der Waals surface area contributed by atoms with Gasteiger partial charge in [0.25, 0.3) is 0 Å². The maximum absolute atomic E-state index is 12.1. The fourth-order valence-corrected chi connectivity index (χ4v) is 6.83. The molecule has 1 N–H and O–H groups in total. The van der Waals surface area contributed by atoms with E-state index in [0.717, 1.165) is 73.5 Å². The van der Waals surface area contributed by atoms with Crippen LogP contribution in [0.25, 0.3) is 0 Å². The van der Waals surface area contributed by atoms with E-state index in [2.05, 4.69) is 12.2 Å². The van der Waals surface area contributed by atoms with Crippen molar-refractivity contribution < 1.29 is 14.6 Å². The minimum Gasteiger partial charge on any atom is -0.466 e. The number of esters is 1. The summed E-state index contributed by atoms with van der Waals surface area (Å²) in [6.45, 7) is 4.39. The van der Waals surface area contributed by atoms with E-state index in [4.69, 9.17) is 4.74 Å². The van der Waals surface area contributed by atoms with Gasteiger partial charge in [-0.3, -0.25) is 4.79 Å². The molecule has 0 radical (unpaired) electrons. The van der Waals surface area contributed by atoms with Gasteiger partial charge in [-0.25, -0.2) is 0 Å². The van der Waals surface area contributed by atoms with Crippen molar-refractivity contribution >= 4 is 5.97 Å². The first-order valence-electron chi connectivity index (χ1n) is 11.0. The van der Waals surface area contributed by atoms with Crippen molar-refractivity contribution in [2.24, 2.45) is 41.4 Å². The largest absolute Gasteiger partial charge is 0.466 e. The molecule has 8 unspecified atom stereocenters. The monoisotopic (exact) mass is 360 g/mol. The van der Waals surface area contributed by atoms with Crippen molar-refractivity contribution in [3.63, 3.8) is 0 Å². The first kappa shape index (κ1) is 18.5. The first-order valence-corrected chi connectivity index (χ1v) is 11.0. The molecule has 3 fully saturated rings. The fourth-order valence-electron chi connectivity index (χ4n) is 6.83. The van der Waals surface area contributed by atoms with Crippen LogP contribution in [0.1, 0.15) is 71.6 Å². The van der Waals surface area contributed by atoms with Gasteiger partial charge in [0, 0.05) is 6.42 Å². The summed E-state index contributed by atoms with van der Waals surface area (Å²) in [5.74, 6) is 6.25. The van der Waals surface area contributed by atoms with Crippen LogP contribution in [0.15, 0.2) is 12.2 Å². The maximum atomic E-state index is 12.1. The summed E-state index contributed by atoms with van der Waals surface area (Å²) < 4.78 is 5.43. The Morgan fingerprint density at radius 2 is 1.92 bits per heavy atom. The summed E-state index contributed by atoms with van der Waals surface area (Å²) in [5, 5.41) is 9.98. The third-order valence-corrected chi connectivity index (χ3v) is 8.26. The SMILES string of the molecule is CCC(C)(O)CCCCOC(=O)CCC1CC2CC1C1C3C=CC(C3)C21. The van der Waals surface area contributed by atoms with E-state index in [-0.39, 0.29) is 5.97 Å². The van der Waals surface area contributed by atoms with Crippen molar-refractivity contribution in [1.29, 1.82) is 0 Å². The highest BCUT2D eigenvalue weighted by Gasteiger charge is 2.60. The molecule has 0 heterocycles. The summed E-state index contributed by atoms with van der Waals surface area (Å²) in [6.07, 6.45) is 14.2. The van der Waals surface area contributed by atoms with Crippen molar-refractivity contribution in [1.82, 2.24) is 0 Å². The highest BCUT2D eigenvalue weighted by Crippen LogP contribution is 2.67. The van der Waals surface area contributed by atoms with Gasteiger partial charge in [0.15, 0.2) is 0 Å². The quantitative estimate of drug-likeness (QED) is 0.280. The van der Waals surface area contributed by atoms with Gasteiger partial charge >= 0.3 is 5.97 Å². The molecule has 0 aliphatic heterocycles. The molecule has 0 saturated heterocycles. The second kappa shape index (κ2) is 7.30. The molecule has 4 aliphatic carbocycles. The van der Waals surface area contributed by atoms with Crippen LogP contribution in [0.2, 0.25) is 0 Å². The third-order valence-electron chi connectivity index (χ3n) is 8.26. The van der Waals surface area contributed by atoms with Crippen LogP contribution in [0.3, 0.4) is 0 Å². The molecule has 3 saturated carbocycles. The number of carbonyl (C=O) groups is 1. The highest BCUT2D eigenvalue weighted by atomic mass is 16.5. The number of carbonyl (C=O) groups excluding carboxylic acids is 1. The zero-order valence-electron chi connectivity index (χ0n) is 16.5. The molecule has 8 atom stereocenters. The zero-order chi connectivity index (χ0) is 18.3. The summed E-state index contributed by atoms with van der Waals surface area (Å²) in [7, 11) is 0. The molecule has 3 heteroatoms. The van der Waals surface area contributed by atoms with Crippen LogP contribution in [0.5, 0.6) is 0 Å². The van der Waals surface area contributed by atoms with Gasteiger partial charge in [0.2, 0.25) is 0 Å². The topological polar surface area (TPSA) is 46.5 Å². The standard InChI is InChI=1S/C23H36O3/c1-3-23(2,25)10-4-5-11-26-20(24)9-8-15-12-18-14-19(15)22-17-7-6-16(13-17)21(18)22/h6-7,15-19,21-22,25H,3-5,8-14H2,1-2H3. The lowest BCUT2D eigenvalue weighted by Gasteiger charge is -2.36. The van der Waals surface area contributed by atoms with Crippen LogP contribution >= 0.6 is 0 Å². The van der Waals surface area contributed by atoms with E-state index in [9.17, 15) is 9.90 Å². The first-order chi connectivity index (χ1) is 12.5.